The molecule has 0 saturated heterocycles. The highest BCUT2D eigenvalue weighted by Gasteiger charge is 2.23. The number of primary sulfonamides is 1. The molecule has 0 radical (unpaired) electrons. The first kappa shape index (κ1) is 28.0. The lowest BCUT2D eigenvalue weighted by molar-refractivity contribution is 0.578. The van der Waals surface area contributed by atoms with Gasteiger partial charge in [-0.1, -0.05) is 113 Å². The molecule has 38 heavy (non-hydrogen) atoms. The van der Waals surface area contributed by atoms with Crippen molar-refractivity contribution in [2.75, 3.05) is 5.32 Å². The van der Waals surface area contributed by atoms with Gasteiger partial charge >= 0.3 is 0 Å². The van der Waals surface area contributed by atoms with E-state index in [9.17, 15) is 8.42 Å². The van der Waals surface area contributed by atoms with Crippen LogP contribution in [0.5, 0.6) is 0 Å². The third-order valence-corrected chi connectivity index (χ3v) is 8.29. The Bertz CT molecular complexity index is 1530. The molecule has 4 rings (SSSR count). The molecular weight excluding hydrogens is 559 g/mol. The molecule has 0 saturated carbocycles. The Morgan fingerprint density at radius 3 is 1.97 bits per heavy atom. The molecule has 0 bridgehead atoms. The third-order valence-electron chi connectivity index (χ3n) is 6.01. The summed E-state index contributed by atoms with van der Waals surface area (Å²) in [4.78, 5) is 0. The summed E-state index contributed by atoms with van der Waals surface area (Å²) in [6, 6.07) is 30.4. The molecule has 4 aromatic carbocycles. The van der Waals surface area contributed by atoms with Gasteiger partial charge in [0.2, 0.25) is 10.0 Å². The molecule has 0 heterocycles. The summed E-state index contributed by atoms with van der Waals surface area (Å²) in [5.41, 5.74) is 4.20. The fraction of sp³-hybridized carbons (Fsp3) is 0.133. The minimum Gasteiger partial charge on any atom is -0.373 e. The van der Waals surface area contributed by atoms with E-state index in [1.54, 1.807) is 18.2 Å². The second-order valence-corrected chi connectivity index (χ2v) is 11.7. The fourth-order valence-corrected chi connectivity index (χ4v) is 5.60. The SMILES string of the molecule is NS(=O)(=O)C(CCC#Cc1cc(Cl)ccc1NC(c1ccccc1)c1ccccc1)c1ccc(Cl)c(Cl)c1. The summed E-state index contributed by atoms with van der Waals surface area (Å²) in [6.45, 7) is 0. The van der Waals surface area contributed by atoms with Crippen LogP contribution >= 0.6 is 34.8 Å². The second-order valence-electron chi connectivity index (χ2n) is 8.68. The summed E-state index contributed by atoms with van der Waals surface area (Å²) < 4.78 is 24.6. The third kappa shape index (κ3) is 7.32. The van der Waals surface area contributed by atoms with E-state index in [0.29, 0.717) is 21.2 Å². The highest BCUT2D eigenvalue weighted by molar-refractivity contribution is 7.89. The molecule has 8 heteroatoms. The average Bonchev–Trinajstić information content (AvgIpc) is 2.90. The number of rotatable bonds is 8. The summed E-state index contributed by atoms with van der Waals surface area (Å²) in [7, 11) is -3.89. The molecule has 0 aliphatic heterocycles. The predicted octanol–water partition coefficient (Wildman–Crippen LogP) is 8.01. The van der Waals surface area contributed by atoms with Gasteiger partial charge in [0.1, 0.15) is 5.25 Å². The number of nitrogens with two attached hydrogens (primary N) is 1. The highest BCUT2D eigenvalue weighted by atomic mass is 35.5. The van der Waals surface area contributed by atoms with E-state index in [1.807, 2.05) is 48.5 Å². The van der Waals surface area contributed by atoms with Crippen LogP contribution in [0.3, 0.4) is 0 Å². The first-order valence-electron chi connectivity index (χ1n) is 11.8. The highest BCUT2D eigenvalue weighted by Crippen LogP contribution is 2.32. The molecular formula is C30H25Cl3N2O2S. The van der Waals surface area contributed by atoms with Crippen molar-refractivity contribution in [2.45, 2.75) is 24.1 Å². The fourth-order valence-electron chi connectivity index (χ4n) is 4.15. The number of sulfonamides is 1. The van der Waals surface area contributed by atoms with Gasteiger partial charge in [0.05, 0.1) is 21.8 Å². The number of hydrogen-bond donors (Lipinski definition) is 2. The van der Waals surface area contributed by atoms with E-state index in [-0.39, 0.29) is 23.9 Å². The topological polar surface area (TPSA) is 72.2 Å². The van der Waals surface area contributed by atoms with Gasteiger partial charge in [-0.25, -0.2) is 13.6 Å². The van der Waals surface area contributed by atoms with E-state index >= 15 is 0 Å². The lowest BCUT2D eigenvalue weighted by atomic mass is 9.98. The molecule has 0 fully saturated rings. The molecule has 0 spiro atoms. The molecule has 3 N–H and O–H groups in total. The Morgan fingerprint density at radius 2 is 1.39 bits per heavy atom. The van der Waals surface area contributed by atoms with Crippen LogP contribution in [0.4, 0.5) is 5.69 Å². The smallest absolute Gasteiger partial charge is 0.216 e. The molecule has 4 nitrogen and oxygen atoms in total. The molecule has 0 amide bonds. The molecule has 1 unspecified atom stereocenters. The Labute approximate surface area is 238 Å². The number of halogens is 3. The van der Waals surface area contributed by atoms with Gasteiger partial charge in [0, 0.05) is 17.0 Å². The van der Waals surface area contributed by atoms with Gasteiger partial charge in [-0.2, -0.15) is 0 Å². The normalized spacial score (nSPS) is 12.0. The molecule has 194 valence electrons. The quantitative estimate of drug-likeness (QED) is 0.206. The van der Waals surface area contributed by atoms with Crippen LogP contribution < -0.4 is 10.5 Å². The average molecular weight is 584 g/mol. The van der Waals surface area contributed by atoms with Gasteiger partial charge in [0.25, 0.3) is 0 Å². The van der Waals surface area contributed by atoms with Crippen LogP contribution in [0, 0.1) is 11.8 Å². The van der Waals surface area contributed by atoms with Crippen molar-refractivity contribution in [3.63, 3.8) is 0 Å². The van der Waals surface area contributed by atoms with Crippen molar-refractivity contribution < 1.29 is 8.42 Å². The first-order chi connectivity index (χ1) is 18.2. The van der Waals surface area contributed by atoms with Crippen LogP contribution in [0.15, 0.2) is 97.1 Å². The van der Waals surface area contributed by atoms with Gasteiger partial charge in [-0.15, -0.1) is 0 Å². The van der Waals surface area contributed by atoms with E-state index < -0.39 is 15.3 Å². The predicted molar refractivity (Wildman–Crippen MR) is 158 cm³/mol. The number of hydrogen-bond acceptors (Lipinski definition) is 3. The van der Waals surface area contributed by atoms with Crippen LogP contribution in [0.25, 0.3) is 0 Å². The van der Waals surface area contributed by atoms with Crippen molar-refractivity contribution in [1.29, 1.82) is 0 Å². The Hall–Kier alpha value is -2.98. The maximum atomic E-state index is 12.3. The maximum absolute atomic E-state index is 12.3. The van der Waals surface area contributed by atoms with Crippen molar-refractivity contribution >= 4 is 50.5 Å². The number of anilines is 1. The van der Waals surface area contributed by atoms with Crippen molar-refractivity contribution in [1.82, 2.24) is 0 Å². The van der Waals surface area contributed by atoms with Crippen LogP contribution in [-0.4, -0.2) is 8.42 Å². The van der Waals surface area contributed by atoms with E-state index in [1.165, 1.54) is 6.07 Å². The van der Waals surface area contributed by atoms with Crippen LogP contribution in [-0.2, 0) is 10.0 Å². The van der Waals surface area contributed by atoms with E-state index in [0.717, 1.165) is 16.8 Å². The zero-order chi connectivity index (χ0) is 27.1. The Kier molecular flexibility index (Phi) is 9.38. The largest absolute Gasteiger partial charge is 0.373 e. The maximum Gasteiger partial charge on any atom is 0.216 e. The zero-order valence-corrected chi connectivity index (χ0v) is 23.3. The molecule has 4 aromatic rings. The monoisotopic (exact) mass is 582 g/mol. The van der Waals surface area contributed by atoms with Crippen LogP contribution in [0.1, 0.15) is 46.4 Å². The van der Waals surface area contributed by atoms with Gasteiger partial charge in [0.15, 0.2) is 0 Å². The minimum absolute atomic E-state index is 0.111. The zero-order valence-electron chi connectivity index (χ0n) is 20.2. The number of benzene rings is 4. The summed E-state index contributed by atoms with van der Waals surface area (Å²) in [5.74, 6) is 6.25. The van der Waals surface area contributed by atoms with Gasteiger partial charge in [-0.05, 0) is 53.4 Å². The van der Waals surface area contributed by atoms with Gasteiger partial charge < -0.3 is 5.32 Å². The summed E-state index contributed by atoms with van der Waals surface area (Å²) >= 11 is 18.4. The summed E-state index contributed by atoms with van der Waals surface area (Å²) in [5, 5.41) is 9.34. The first-order valence-corrected chi connectivity index (χ1v) is 14.6. The van der Waals surface area contributed by atoms with Crippen molar-refractivity contribution in [3.8, 4) is 11.8 Å². The molecule has 1 atom stereocenters. The number of nitrogens with one attached hydrogen (secondary N) is 1. The lowest BCUT2D eigenvalue weighted by Crippen LogP contribution is -2.21. The Balaban J connectivity index is 1.59. The van der Waals surface area contributed by atoms with Crippen LogP contribution in [0.2, 0.25) is 15.1 Å². The molecule has 0 aromatic heterocycles. The summed E-state index contributed by atoms with van der Waals surface area (Å²) in [6.07, 6.45) is 0.484. The van der Waals surface area contributed by atoms with Crippen molar-refractivity contribution in [2.24, 2.45) is 5.14 Å². The van der Waals surface area contributed by atoms with Crippen molar-refractivity contribution in [3.05, 3.63) is 134 Å². The standard InChI is InChI=1S/C30H25Cl3N2O2S/c31-25-16-18-28(35-30(21-9-3-1-4-10-21)22-11-5-2-6-12-22)23(19-25)13-7-8-14-29(38(34,36)37)24-15-17-26(32)27(33)20-24/h1-6,9-12,15-20,29-30,35H,8,14H2,(H2,34,36,37). The van der Waals surface area contributed by atoms with E-state index in [2.05, 4.69) is 41.4 Å². The van der Waals surface area contributed by atoms with Gasteiger partial charge in [-0.3, -0.25) is 0 Å². The lowest BCUT2D eigenvalue weighted by Gasteiger charge is -2.22. The Morgan fingerprint density at radius 1 is 0.763 bits per heavy atom. The van der Waals surface area contributed by atoms with E-state index in [4.69, 9.17) is 39.9 Å². The molecule has 0 aliphatic carbocycles. The minimum atomic E-state index is -3.89. The second kappa shape index (κ2) is 12.7. The molecule has 0 aliphatic rings.